The van der Waals surface area contributed by atoms with Crippen LogP contribution in [0.1, 0.15) is 5.82 Å². The molecule has 0 fully saturated rings. The Morgan fingerprint density at radius 2 is 2.00 bits per heavy atom. The summed E-state index contributed by atoms with van der Waals surface area (Å²) in [6.45, 7) is 0. The maximum Gasteiger partial charge on any atom is 0.252 e. The van der Waals surface area contributed by atoms with E-state index in [9.17, 15) is 0 Å². The van der Waals surface area contributed by atoms with E-state index in [0.717, 1.165) is 4.47 Å². The van der Waals surface area contributed by atoms with E-state index >= 15 is 0 Å². The van der Waals surface area contributed by atoms with E-state index in [0.29, 0.717) is 5.65 Å². The molecule has 0 N–H and O–H groups in total. The van der Waals surface area contributed by atoms with E-state index in [1.165, 1.54) is 0 Å². The van der Waals surface area contributed by atoms with Gasteiger partial charge >= 0.3 is 0 Å². The molecule has 3 nitrogen and oxygen atoms in total. The first kappa shape index (κ1) is 10.5. The Hall–Kier alpha value is -0.0300. The normalized spacial score (nSPS) is 12.3. The second-order valence-electron chi connectivity index (χ2n) is 2.58. The molecule has 0 saturated carbocycles. The van der Waals surface area contributed by atoms with Crippen molar-refractivity contribution in [1.82, 2.24) is 14.6 Å². The Balaban J connectivity index is 2.63. The molecule has 0 saturated heterocycles. The summed E-state index contributed by atoms with van der Waals surface area (Å²) in [5, 5.41) is 4.02. The van der Waals surface area contributed by atoms with Gasteiger partial charge in [0, 0.05) is 10.7 Å². The topological polar surface area (TPSA) is 30.2 Å². The molecule has 2 rings (SSSR count). The lowest BCUT2D eigenvalue weighted by Gasteiger charge is -2.02. The van der Waals surface area contributed by atoms with Crippen molar-refractivity contribution in [2.75, 3.05) is 0 Å². The quantitative estimate of drug-likeness (QED) is 0.698. The maximum absolute atomic E-state index is 5.65. The van der Waals surface area contributed by atoms with Crippen LogP contribution >= 0.6 is 50.7 Å². The third-order valence-corrected chi connectivity index (χ3v) is 2.52. The van der Waals surface area contributed by atoms with Crippen LogP contribution in [-0.4, -0.2) is 14.6 Å². The van der Waals surface area contributed by atoms with Gasteiger partial charge in [-0.2, -0.15) is 0 Å². The molecule has 0 atom stereocenters. The second-order valence-corrected chi connectivity index (χ2v) is 5.78. The highest BCUT2D eigenvalue weighted by atomic mass is 79.9. The summed E-state index contributed by atoms with van der Waals surface area (Å²) in [5.41, 5.74) is 0.634. The summed E-state index contributed by atoms with van der Waals surface area (Å²) in [6, 6.07) is 3.61. The summed E-state index contributed by atoms with van der Waals surface area (Å²) >= 11 is 20.3. The number of hydrogen-bond donors (Lipinski definition) is 0. The molecule has 0 bridgehead atoms. The average Bonchev–Trinajstić information content (AvgIpc) is 2.45. The molecule has 0 aromatic carbocycles. The Labute approximate surface area is 103 Å². The van der Waals surface area contributed by atoms with Gasteiger partial charge in [-0.1, -0.05) is 34.8 Å². The van der Waals surface area contributed by atoms with Gasteiger partial charge in [-0.15, -0.1) is 5.10 Å². The van der Waals surface area contributed by atoms with Crippen molar-refractivity contribution in [1.29, 1.82) is 0 Å². The molecule has 0 radical (unpaired) electrons. The molecule has 0 aliphatic carbocycles. The van der Waals surface area contributed by atoms with Gasteiger partial charge in [0.1, 0.15) is 0 Å². The van der Waals surface area contributed by atoms with E-state index in [2.05, 4.69) is 26.0 Å². The number of alkyl halides is 3. The van der Waals surface area contributed by atoms with Crippen LogP contribution in [0.4, 0.5) is 0 Å². The lowest BCUT2D eigenvalue weighted by atomic mass is 10.5. The summed E-state index contributed by atoms with van der Waals surface area (Å²) in [5.74, 6) is 0.167. The average molecular weight is 315 g/mol. The minimum Gasteiger partial charge on any atom is -0.220 e. The molecule has 7 heteroatoms. The Kier molecular flexibility index (Phi) is 2.64. The number of pyridine rings is 1. The van der Waals surface area contributed by atoms with Crippen LogP contribution in [0.2, 0.25) is 0 Å². The zero-order chi connectivity index (χ0) is 10.3. The Morgan fingerprint density at radius 1 is 1.29 bits per heavy atom. The number of hydrogen-bond acceptors (Lipinski definition) is 2. The monoisotopic (exact) mass is 313 g/mol. The van der Waals surface area contributed by atoms with Crippen molar-refractivity contribution < 1.29 is 0 Å². The van der Waals surface area contributed by atoms with Crippen LogP contribution < -0.4 is 0 Å². The smallest absolute Gasteiger partial charge is 0.220 e. The molecule has 0 spiro atoms. The molecule has 0 unspecified atom stereocenters. The third kappa shape index (κ3) is 1.98. The highest BCUT2D eigenvalue weighted by molar-refractivity contribution is 9.10. The van der Waals surface area contributed by atoms with Gasteiger partial charge < -0.3 is 0 Å². The fourth-order valence-electron chi connectivity index (χ4n) is 0.978. The van der Waals surface area contributed by atoms with Crippen LogP contribution in [0.3, 0.4) is 0 Å². The van der Waals surface area contributed by atoms with Crippen LogP contribution in [0.25, 0.3) is 5.65 Å². The maximum atomic E-state index is 5.65. The molecular weight excluding hydrogens is 312 g/mol. The highest BCUT2D eigenvalue weighted by Gasteiger charge is 2.28. The number of nitrogens with zero attached hydrogens (tertiary/aromatic N) is 3. The van der Waals surface area contributed by atoms with Gasteiger partial charge in [-0.05, 0) is 28.1 Å². The fraction of sp³-hybridized carbons (Fsp3) is 0.143. The van der Waals surface area contributed by atoms with Crippen molar-refractivity contribution in [3.63, 3.8) is 0 Å². The van der Waals surface area contributed by atoms with Gasteiger partial charge in [0.25, 0.3) is 3.79 Å². The van der Waals surface area contributed by atoms with Crippen molar-refractivity contribution >= 4 is 56.4 Å². The zero-order valence-electron chi connectivity index (χ0n) is 6.59. The van der Waals surface area contributed by atoms with Gasteiger partial charge in [-0.25, -0.2) is 9.50 Å². The van der Waals surface area contributed by atoms with Gasteiger partial charge in [0.15, 0.2) is 5.65 Å². The standard InChI is InChI=1S/C7H3BrCl3N3/c8-4-1-2-5-12-6(7(9,10)11)13-14(5)3-4/h1-3H. The predicted octanol–water partition coefficient (Wildman–Crippen LogP) is 3.32. The van der Waals surface area contributed by atoms with E-state index in [4.69, 9.17) is 34.8 Å². The predicted molar refractivity (Wildman–Crippen MR) is 59.9 cm³/mol. The second kappa shape index (κ2) is 3.52. The van der Waals surface area contributed by atoms with Gasteiger partial charge in [0.2, 0.25) is 5.82 Å². The van der Waals surface area contributed by atoms with E-state index in [1.807, 2.05) is 6.07 Å². The minimum atomic E-state index is -1.58. The minimum absolute atomic E-state index is 0.167. The first-order chi connectivity index (χ1) is 6.47. The van der Waals surface area contributed by atoms with Crippen LogP contribution in [0.5, 0.6) is 0 Å². The van der Waals surface area contributed by atoms with Crippen molar-refractivity contribution in [3.05, 3.63) is 28.6 Å². The number of halogens is 4. The molecule has 74 valence electrons. The van der Waals surface area contributed by atoms with Crippen LogP contribution in [0.15, 0.2) is 22.8 Å². The van der Waals surface area contributed by atoms with Crippen molar-refractivity contribution in [2.45, 2.75) is 3.79 Å². The van der Waals surface area contributed by atoms with Crippen molar-refractivity contribution in [3.8, 4) is 0 Å². The molecule has 0 aliphatic rings. The number of aromatic nitrogens is 3. The molecule has 2 aromatic heterocycles. The van der Waals surface area contributed by atoms with E-state index < -0.39 is 3.79 Å². The van der Waals surface area contributed by atoms with E-state index in [-0.39, 0.29) is 5.82 Å². The largest absolute Gasteiger partial charge is 0.252 e. The van der Waals surface area contributed by atoms with Crippen LogP contribution in [0, 0.1) is 0 Å². The van der Waals surface area contributed by atoms with Gasteiger partial charge in [-0.3, -0.25) is 0 Å². The Morgan fingerprint density at radius 3 is 2.64 bits per heavy atom. The molecule has 2 heterocycles. The molecule has 0 aliphatic heterocycles. The van der Waals surface area contributed by atoms with Crippen molar-refractivity contribution in [2.24, 2.45) is 0 Å². The number of rotatable bonds is 0. The summed E-state index contributed by atoms with van der Waals surface area (Å²) in [6.07, 6.45) is 1.74. The molecular formula is C7H3BrCl3N3. The number of fused-ring (bicyclic) bond motifs is 1. The SMILES string of the molecule is ClC(Cl)(Cl)c1nc2ccc(Br)cn2n1. The lowest BCUT2D eigenvalue weighted by molar-refractivity contribution is 0.896. The fourth-order valence-corrected chi connectivity index (χ4v) is 1.54. The molecule has 2 aromatic rings. The lowest BCUT2D eigenvalue weighted by Crippen LogP contribution is -2.02. The third-order valence-electron chi connectivity index (χ3n) is 1.55. The Bertz CT molecular complexity index is 476. The summed E-state index contributed by atoms with van der Waals surface area (Å²) < 4.78 is 0.838. The van der Waals surface area contributed by atoms with E-state index in [1.54, 1.807) is 16.8 Å². The summed E-state index contributed by atoms with van der Waals surface area (Å²) in [7, 11) is 0. The first-order valence-electron chi connectivity index (χ1n) is 3.56. The van der Waals surface area contributed by atoms with Gasteiger partial charge in [0.05, 0.1) is 0 Å². The van der Waals surface area contributed by atoms with Crippen LogP contribution in [-0.2, 0) is 3.79 Å². The molecule has 0 amide bonds. The summed E-state index contributed by atoms with van der Waals surface area (Å²) in [4.78, 5) is 4.06. The highest BCUT2D eigenvalue weighted by Crippen LogP contribution is 2.36. The molecule has 14 heavy (non-hydrogen) atoms. The zero-order valence-corrected chi connectivity index (χ0v) is 10.4. The first-order valence-corrected chi connectivity index (χ1v) is 5.48.